The number of amides is 1. The van der Waals surface area contributed by atoms with Crippen LogP contribution in [0, 0.1) is 0 Å². The van der Waals surface area contributed by atoms with Crippen LogP contribution in [0.2, 0.25) is 0 Å². The van der Waals surface area contributed by atoms with Gasteiger partial charge in [-0.2, -0.15) is 0 Å². The number of hydrogen-bond donors (Lipinski definition) is 2. The lowest BCUT2D eigenvalue weighted by atomic mass is 9.99. The molecule has 0 aromatic heterocycles. The molecule has 0 spiro atoms. The van der Waals surface area contributed by atoms with E-state index in [0.29, 0.717) is 5.56 Å². The van der Waals surface area contributed by atoms with Gasteiger partial charge in [0, 0.05) is 0 Å². The first-order valence-electron chi connectivity index (χ1n) is 7.68. The largest absolute Gasteiger partial charge is 0.378 e. The monoisotopic (exact) mass is 305 g/mol. The molecule has 0 aliphatic carbocycles. The van der Waals surface area contributed by atoms with Gasteiger partial charge < -0.3 is 10.4 Å². The highest BCUT2D eigenvalue weighted by Gasteiger charge is 2.20. The summed E-state index contributed by atoms with van der Waals surface area (Å²) in [6.07, 6.45) is -1.16. The lowest BCUT2D eigenvalue weighted by molar-refractivity contribution is -0.130. The average Bonchev–Trinajstić information content (AvgIpc) is 2.61. The highest BCUT2D eigenvalue weighted by atomic mass is 16.3. The van der Waals surface area contributed by atoms with Crippen LogP contribution in [0.5, 0.6) is 0 Å². The van der Waals surface area contributed by atoms with Gasteiger partial charge in [0.1, 0.15) is 0 Å². The zero-order valence-electron chi connectivity index (χ0n) is 12.9. The number of aliphatic hydroxyl groups is 1. The number of hydrogen-bond acceptors (Lipinski definition) is 2. The van der Waals surface area contributed by atoms with E-state index in [1.807, 2.05) is 55.5 Å². The van der Waals surface area contributed by atoms with Crippen molar-refractivity contribution in [3.05, 3.63) is 83.9 Å². The minimum Gasteiger partial charge on any atom is -0.378 e. The third-order valence-corrected chi connectivity index (χ3v) is 4.01. The van der Waals surface area contributed by atoms with Gasteiger partial charge in [0.2, 0.25) is 0 Å². The summed E-state index contributed by atoms with van der Waals surface area (Å²) in [5.74, 6) is -0.392. The van der Waals surface area contributed by atoms with Crippen LogP contribution in [0.4, 0.5) is 0 Å². The topological polar surface area (TPSA) is 49.3 Å². The van der Waals surface area contributed by atoms with Crippen LogP contribution < -0.4 is 5.32 Å². The van der Waals surface area contributed by atoms with Crippen LogP contribution in [0.1, 0.15) is 30.2 Å². The third-order valence-electron chi connectivity index (χ3n) is 4.01. The Kier molecular flexibility index (Phi) is 4.40. The summed E-state index contributed by atoms with van der Waals surface area (Å²) in [6, 6.07) is 22.9. The summed E-state index contributed by atoms with van der Waals surface area (Å²) in [6.45, 7) is 1.93. The van der Waals surface area contributed by atoms with Crippen LogP contribution in [0.3, 0.4) is 0 Å². The van der Waals surface area contributed by atoms with Gasteiger partial charge in [-0.3, -0.25) is 4.79 Å². The maximum absolute atomic E-state index is 12.3. The first kappa shape index (κ1) is 15.3. The molecule has 1 amide bonds. The molecule has 0 aliphatic heterocycles. The summed E-state index contributed by atoms with van der Waals surface area (Å²) < 4.78 is 0. The Hall–Kier alpha value is -2.65. The van der Waals surface area contributed by atoms with Crippen LogP contribution >= 0.6 is 0 Å². The van der Waals surface area contributed by atoms with Gasteiger partial charge in [0.05, 0.1) is 6.04 Å². The Morgan fingerprint density at radius 2 is 1.57 bits per heavy atom. The molecule has 3 rings (SSSR count). The number of aliphatic hydroxyl groups excluding tert-OH is 1. The van der Waals surface area contributed by atoms with E-state index in [1.165, 1.54) is 0 Å². The number of carbonyl (C=O) groups excluding carboxylic acids is 1. The zero-order valence-corrected chi connectivity index (χ0v) is 12.9. The highest BCUT2D eigenvalue weighted by molar-refractivity contribution is 5.87. The molecule has 3 aromatic carbocycles. The second-order valence-corrected chi connectivity index (χ2v) is 5.61. The molecule has 2 atom stereocenters. The van der Waals surface area contributed by atoms with Crippen molar-refractivity contribution in [2.45, 2.75) is 19.1 Å². The van der Waals surface area contributed by atoms with E-state index in [1.54, 1.807) is 24.3 Å². The Labute approximate surface area is 135 Å². The van der Waals surface area contributed by atoms with Crippen LogP contribution in [0.25, 0.3) is 10.8 Å². The summed E-state index contributed by atoms with van der Waals surface area (Å²) >= 11 is 0. The second kappa shape index (κ2) is 6.63. The van der Waals surface area contributed by atoms with Crippen molar-refractivity contribution >= 4 is 16.7 Å². The van der Waals surface area contributed by atoms with Gasteiger partial charge in [-0.1, -0.05) is 72.8 Å². The second-order valence-electron chi connectivity index (χ2n) is 5.61. The van der Waals surface area contributed by atoms with Gasteiger partial charge in [-0.15, -0.1) is 0 Å². The maximum Gasteiger partial charge on any atom is 0.253 e. The summed E-state index contributed by atoms with van der Waals surface area (Å²) in [4.78, 5) is 12.3. The first-order valence-corrected chi connectivity index (χ1v) is 7.68. The molecular formula is C20H19NO2. The molecule has 2 N–H and O–H groups in total. The standard InChI is InChI=1S/C20H19NO2/c1-14(17-13-7-11-15-8-5-6-12-18(15)17)21-20(23)19(22)16-9-3-2-4-10-16/h2-14,19,22H,1H3,(H,21,23)/t14-,19+/m1/s1. The van der Waals surface area contributed by atoms with Crippen LogP contribution in [-0.2, 0) is 4.79 Å². The molecule has 0 aliphatic rings. The molecule has 0 saturated heterocycles. The SMILES string of the molecule is C[C@@H](NC(=O)[C@@H](O)c1ccccc1)c1cccc2ccccc12. The Balaban J connectivity index is 1.81. The maximum atomic E-state index is 12.3. The van der Waals surface area contributed by atoms with Gasteiger partial charge >= 0.3 is 0 Å². The van der Waals surface area contributed by atoms with Crippen molar-refractivity contribution in [3.8, 4) is 0 Å². The van der Waals surface area contributed by atoms with E-state index >= 15 is 0 Å². The molecule has 0 bridgehead atoms. The molecule has 0 fully saturated rings. The zero-order chi connectivity index (χ0) is 16.2. The average molecular weight is 305 g/mol. The Bertz CT molecular complexity index is 809. The van der Waals surface area contributed by atoms with Crippen LogP contribution in [-0.4, -0.2) is 11.0 Å². The van der Waals surface area contributed by atoms with Gasteiger partial charge in [-0.25, -0.2) is 0 Å². The predicted molar refractivity (Wildman–Crippen MR) is 91.9 cm³/mol. The smallest absolute Gasteiger partial charge is 0.253 e. The van der Waals surface area contributed by atoms with E-state index in [4.69, 9.17) is 0 Å². The molecular weight excluding hydrogens is 286 g/mol. The van der Waals surface area contributed by atoms with Crippen molar-refractivity contribution in [3.63, 3.8) is 0 Å². The number of carbonyl (C=O) groups is 1. The lowest BCUT2D eigenvalue weighted by Gasteiger charge is -2.19. The first-order chi connectivity index (χ1) is 11.2. The molecule has 3 aromatic rings. The summed E-state index contributed by atoms with van der Waals surface area (Å²) in [7, 11) is 0. The summed E-state index contributed by atoms with van der Waals surface area (Å²) in [5, 5.41) is 15.3. The molecule has 23 heavy (non-hydrogen) atoms. The molecule has 3 heteroatoms. The molecule has 0 radical (unpaired) electrons. The molecule has 3 nitrogen and oxygen atoms in total. The van der Waals surface area contributed by atoms with Gasteiger partial charge in [0.15, 0.2) is 6.10 Å². The van der Waals surface area contributed by atoms with Gasteiger partial charge in [0.25, 0.3) is 5.91 Å². The molecule has 0 unspecified atom stereocenters. The van der Waals surface area contributed by atoms with Gasteiger partial charge in [-0.05, 0) is 28.8 Å². The normalized spacial score (nSPS) is 13.5. The minimum absolute atomic E-state index is 0.188. The third kappa shape index (κ3) is 3.25. The van der Waals surface area contributed by atoms with E-state index in [2.05, 4.69) is 5.32 Å². The van der Waals surface area contributed by atoms with Crippen molar-refractivity contribution < 1.29 is 9.90 Å². The number of fused-ring (bicyclic) bond motifs is 1. The Morgan fingerprint density at radius 3 is 2.35 bits per heavy atom. The van der Waals surface area contributed by atoms with Crippen LogP contribution in [0.15, 0.2) is 72.8 Å². The molecule has 0 heterocycles. The number of rotatable bonds is 4. The fourth-order valence-corrected chi connectivity index (χ4v) is 2.78. The minimum atomic E-state index is -1.16. The lowest BCUT2D eigenvalue weighted by Crippen LogP contribution is -2.31. The molecule has 116 valence electrons. The van der Waals surface area contributed by atoms with E-state index in [9.17, 15) is 9.90 Å². The quantitative estimate of drug-likeness (QED) is 0.771. The number of nitrogens with one attached hydrogen (secondary N) is 1. The van der Waals surface area contributed by atoms with E-state index < -0.39 is 12.0 Å². The van der Waals surface area contributed by atoms with E-state index in [0.717, 1.165) is 16.3 Å². The fraction of sp³-hybridized carbons (Fsp3) is 0.150. The van der Waals surface area contributed by atoms with Crippen molar-refractivity contribution in [2.24, 2.45) is 0 Å². The number of benzene rings is 3. The Morgan fingerprint density at radius 1 is 0.913 bits per heavy atom. The van der Waals surface area contributed by atoms with Crippen molar-refractivity contribution in [1.29, 1.82) is 0 Å². The predicted octanol–water partition coefficient (Wildman–Crippen LogP) is 3.75. The summed E-state index contributed by atoms with van der Waals surface area (Å²) in [5.41, 5.74) is 1.63. The fourth-order valence-electron chi connectivity index (χ4n) is 2.78. The molecule has 0 saturated carbocycles. The highest BCUT2D eigenvalue weighted by Crippen LogP contribution is 2.24. The van der Waals surface area contributed by atoms with Crippen molar-refractivity contribution in [2.75, 3.05) is 0 Å². The van der Waals surface area contributed by atoms with Crippen molar-refractivity contribution in [1.82, 2.24) is 5.32 Å². The van der Waals surface area contributed by atoms with E-state index in [-0.39, 0.29) is 6.04 Å².